The quantitative estimate of drug-likeness (QED) is 0.619. The molecular weight excluding hydrogens is 396 g/mol. The molecule has 3 heterocycles. The summed E-state index contributed by atoms with van der Waals surface area (Å²) in [6, 6.07) is 11.5. The Morgan fingerprint density at radius 2 is 1.93 bits per heavy atom. The number of hydrogen-bond acceptors (Lipinski definition) is 6. The van der Waals surface area contributed by atoms with E-state index < -0.39 is 0 Å². The van der Waals surface area contributed by atoms with E-state index in [2.05, 4.69) is 36.2 Å². The molecule has 158 valence electrons. The van der Waals surface area contributed by atoms with Gasteiger partial charge in [-0.3, -0.25) is 9.69 Å². The lowest BCUT2D eigenvalue weighted by atomic mass is 9.98. The van der Waals surface area contributed by atoms with Crippen molar-refractivity contribution in [1.29, 1.82) is 0 Å². The molecule has 7 heteroatoms. The van der Waals surface area contributed by atoms with Crippen LogP contribution < -0.4 is 0 Å². The molecule has 0 aliphatic carbocycles. The summed E-state index contributed by atoms with van der Waals surface area (Å²) >= 11 is 1.73. The van der Waals surface area contributed by atoms with E-state index in [9.17, 15) is 4.79 Å². The van der Waals surface area contributed by atoms with Crippen molar-refractivity contribution in [1.82, 2.24) is 19.9 Å². The molecular formula is C23H28N4O2S. The lowest BCUT2D eigenvalue weighted by Gasteiger charge is -2.20. The van der Waals surface area contributed by atoms with Crippen LogP contribution >= 0.6 is 11.3 Å². The average molecular weight is 425 g/mol. The first-order valence-corrected chi connectivity index (χ1v) is 11.3. The van der Waals surface area contributed by atoms with Crippen molar-refractivity contribution < 1.29 is 9.32 Å². The SMILES string of the molecule is CC(C)(C)c1nc(CN2CCCN(C(=O)c3cc(-c4ccccc4)on3)CC2)cs1. The Labute approximate surface area is 181 Å². The molecule has 0 atom stereocenters. The highest BCUT2D eigenvalue weighted by Crippen LogP contribution is 2.26. The molecule has 1 aliphatic rings. The topological polar surface area (TPSA) is 62.5 Å². The van der Waals surface area contributed by atoms with Gasteiger partial charge in [0.25, 0.3) is 5.91 Å². The Morgan fingerprint density at radius 3 is 2.67 bits per heavy atom. The largest absolute Gasteiger partial charge is 0.355 e. The highest BCUT2D eigenvalue weighted by molar-refractivity contribution is 7.09. The number of hydrogen-bond donors (Lipinski definition) is 0. The second-order valence-electron chi connectivity index (χ2n) is 8.76. The van der Waals surface area contributed by atoms with Gasteiger partial charge in [-0.2, -0.15) is 0 Å². The van der Waals surface area contributed by atoms with Gasteiger partial charge in [-0.05, 0) is 6.42 Å². The number of aromatic nitrogens is 2. The van der Waals surface area contributed by atoms with Crippen LogP contribution in [0.4, 0.5) is 0 Å². The van der Waals surface area contributed by atoms with E-state index >= 15 is 0 Å². The number of thiazole rings is 1. The zero-order valence-corrected chi connectivity index (χ0v) is 18.6. The maximum atomic E-state index is 13.0. The average Bonchev–Trinajstić information content (AvgIpc) is 3.35. The Kier molecular flexibility index (Phi) is 6.01. The van der Waals surface area contributed by atoms with Gasteiger partial charge in [0.2, 0.25) is 0 Å². The minimum absolute atomic E-state index is 0.0635. The molecule has 0 unspecified atom stereocenters. The molecule has 0 radical (unpaired) electrons. The third-order valence-electron chi connectivity index (χ3n) is 5.24. The zero-order valence-electron chi connectivity index (χ0n) is 17.8. The van der Waals surface area contributed by atoms with Crippen LogP contribution in [-0.2, 0) is 12.0 Å². The highest BCUT2D eigenvalue weighted by Gasteiger charge is 2.24. The Morgan fingerprint density at radius 1 is 1.13 bits per heavy atom. The molecule has 1 saturated heterocycles. The molecule has 1 aliphatic heterocycles. The summed E-state index contributed by atoms with van der Waals surface area (Å²) in [6.45, 7) is 10.6. The Balaban J connectivity index is 1.37. The van der Waals surface area contributed by atoms with Gasteiger partial charge in [0.15, 0.2) is 11.5 Å². The number of amides is 1. The van der Waals surface area contributed by atoms with E-state index in [0.29, 0.717) is 18.0 Å². The molecule has 6 nitrogen and oxygen atoms in total. The molecule has 1 fully saturated rings. The first-order valence-electron chi connectivity index (χ1n) is 10.4. The van der Waals surface area contributed by atoms with Crippen LogP contribution in [0.3, 0.4) is 0 Å². The van der Waals surface area contributed by atoms with Crippen molar-refractivity contribution in [2.24, 2.45) is 0 Å². The molecule has 0 N–H and O–H groups in total. The van der Waals surface area contributed by atoms with Gasteiger partial charge >= 0.3 is 0 Å². The third kappa shape index (κ3) is 4.79. The van der Waals surface area contributed by atoms with Crippen LogP contribution in [-0.4, -0.2) is 52.0 Å². The minimum atomic E-state index is -0.0635. The van der Waals surface area contributed by atoms with E-state index in [4.69, 9.17) is 9.51 Å². The maximum absolute atomic E-state index is 13.0. The highest BCUT2D eigenvalue weighted by atomic mass is 32.1. The summed E-state index contributed by atoms with van der Waals surface area (Å²) in [7, 11) is 0. The summed E-state index contributed by atoms with van der Waals surface area (Å²) in [5.74, 6) is 0.556. The van der Waals surface area contributed by atoms with Crippen LogP contribution in [0.5, 0.6) is 0 Å². The lowest BCUT2D eigenvalue weighted by Crippen LogP contribution is -2.35. The van der Waals surface area contributed by atoms with Gasteiger partial charge in [0.1, 0.15) is 0 Å². The summed E-state index contributed by atoms with van der Waals surface area (Å²) in [5, 5.41) is 7.35. The first-order chi connectivity index (χ1) is 14.4. The van der Waals surface area contributed by atoms with Crippen molar-refractivity contribution in [2.45, 2.75) is 39.2 Å². The Hall–Kier alpha value is -2.51. The van der Waals surface area contributed by atoms with Crippen molar-refractivity contribution in [3.63, 3.8) is 0 Å². The van der Waals surface area contributed by atoms with Crippen LogP contribution in [0.1, 0.15) is 48.4 Å². The molecule has 2 aromatic heterocycles. The van der Waals surface area contributed by atoms with Crippen molar-refractivity contribution in [3.05, 3.63) is 58.2 Å². The molecule has 1 amide bonds. The minimum Gasteiger partial charge on any atom is -0.355 e. The van der Waals surface area contributed by atoms with Gasteiger partial charge in [0, 0.05) is 55.1 Å². The maximum Gasteiger partial charge on any atom is 0.276 e. The normalized spacial score (nSPS) is 15.9. The summed E-state index contributed by atoms with van der Waals surface area (Å²) in [6.07, 6.45) is 0.936. The van der Waals surface area contributed by atoms with Crippen LogP contribution in [0, 0.1) is 0 Å². The van der Waals surface area contributed by atoms with Gasteiger partial charge in [0.05, 0.1) is 10.7 Å². The van der Waals surface area contributed by atoms with Crippen LogP contribution in [0.25, 0.3) is 11.3 Å². The number of nitrogens with zero attached hydrogens (tertiary/aromatic N) is 4. The number of rotatable bonds is 4. The van der Waals surface area contributed by atoms with Crippen molar-refractivity contribution in [2.75, 3.05) is 26.2 Å². The van der Waals surface area contributed by atoms with Gasteiger partial charge < -0.3 is 9.42 Å². The molecule has 0 saturated carbocycles. The summed E-state index contributed by atoms with van der Waals surface area (Å²) in [4.78, 5) is 22.0. The number of carbonyl (C=O) groups excluding carboxylic acids is 1. The lowest BCUT2D eigenvalue weighted by molar-refractivity contribution is 0.0750. The van der Waals surface area contributed by atoms with Crippen molar-refractivity contribution >= 4 is 17.2 Å². The molecule has 0 spiro atoms. The number of benzene rings is 1. The van der Waals surface area contributed by atoms with Gasteiger partial charge in [-0.15, -0.1) is 11.3 Å². The smallest absolute Gasteiger partial charge is 0.276 e. The second kappa shape index (κ2) is 8.70. The Bertz CT molecular complexity index is 990. The molecule has 4 rings (SSSR count). The predicted octanol–water partition coefficient (Wildman–Crippen LogP) is 4.44. The standard InChI is InChI=1S/C23H28N4O2S/c1-23(2,3)22-24-18(16-30-22)15-26-10-7-11-27(13-12-26)21(28)19-14-20(29-25-19)17-8-5-4-6-9-17/h4-6,8-9,14,16H,7,10-13,15H2,1-3H3. The number of carbonyl (C=O) groups is 1. The first kappa shape index (κ1) is 20.8. The molecule has 3 aromatic rings. The van der Waals surface area contributed by atoms with E-state index in [0.717, 1.165) is 43.9 Å². The fourth-order valence-electron chi connectivity index (χ4n) is 3.56. The second-order valence-corrected chi connectivity index (χ2v) is 9.62. The molecule has 1 aromatic carbocycles. The van der Waals surface area contributed by atoms with E-state index in [1.165, 1.54) is 5.01 Å². The van der Waals surface area contributed by atoms with E-state index in [1.54, 1.807) is 17.4 Å². The fourth-order valence-corrected chi connectivity index (χ4v) is 4.46. The summed E-state index contributed by atoms with van der Waals surface area (Å²) < 4.78 is 5.41. The monoisotopic (exact) mass is 424 g/mol. The van der Waals surface area contributed by atoms with E-state index in [-0.39, 0.29) is 11.3 Å². The predicted molar refractivity (Wildman–Crippen MR) is 119 cm³/mol. The van der Waals surface area contributed by atoms with E-state index in [1.807, 2.05) is 35.2 Å². The van der Waals surface area contributed by atoms with Gasteiger partial charge in [-0.1, -0.05) is 56.3 Å². The molecule has 30 heavy (non-hydrogen) atoms. The fraction of sp³-hybridized carbons (Fsp3) is 0.435. The van der Waals surface area contributed by atoms with Crippen molar-refractivity contribution in [3.8, 4) is 11.3 Å². The van der Waals surface area contributed by atoms with Crippen LogP contribution in [0.15, 0.2) is 46.3 Å². The summed E-state index contributed by atoms with van der Waals surface area (Å²) in [5.41, 5.74) is 2.50. The van der Waals surface area contributed by atoms with Crippen LogP contribution in [0.2, 0.25) is 0 Å². The zero-order chi connectivity index (χ0) is 21.1. The third-order valence-corrected chi connectivity index (χ3v) is 6.56. The molecule has 0 bridgehead atoms. The van der Waals surface area contributed by atoms with Gasteiger partial charge in [-0.25, -0.2) is 4.98 Å².